The van der Waals surface area contributed by atoms with Crippen LogP contribution in [0.3, 0.4) is 0 Å². The van der Waals surface area contributed by atoms with Crippen LogP contribution < -0.4 is 5.73 Å². The number of rotatable bonds is 2. The van der Waals surface area contributed by atoms with E-state index in [-0.39, 0.29) is 12.0 Å². The summed E-state index contributed by atoms with van der Waals surface area (Å²) < 4.78 is 13.1. The number of benzene rings is 1. The van der Waals surface area contributed by atoms with Gasteiger partial charge in [0.15, 0.2) is 0 Å². The molecular weight excluding hydrogens is 215 g/mol. The van der Waals surface area contributed by atoms with Crippen LogP contribution in [0.4, 0.5) is 10.1 Å². The first-order valence-corrected chi connectivity index (χ1v) is 4.22. The zero-order valence-corrected chi connectivity index (χ0v) is 8.07. The van der Waals surface area contributed by atoms with Crippen molar-refractivity contribution in [2.24, 2.45) is 5.73 Å². The summed E-state index contributed by atoms with van der Waals surface area (Å²) in [5.74, 6) is 3.05. The van der Waals surface area contributed by atoms with Gasteiger partial charge in [-0.3, -0.25) is 14.9 Å². The number of primary amides is 1. The van der Waals surface area contributed by atoms with E-state index in [1.54, 1.807) is 0 Å². The summed E-state index contributed by atoms with van der Waals surface area (Å²) in [4.78, 5) is 20.1. The van der Waals surface area contributed by atoms with E-state index in [9.17, 15) is 19.3 Å². The van der Waals surface area contributed by atoms with Gasteiger partial charge in [0.1, 0.15) is 5.56 Å². The van der Waals surface area contributed by atoms with Crippen LogP contribution in [0.1, 0.15) is 12.0 Å². The second-order valence-corrected chi connectivity index (χ2v) is 2.84. The molecule has 0 saturated heterocycles. The topological polar surface area (TPSA) is 86.2 Å². The number of halogens is 1. The van der Waals surface area contributed by atoms with Crippen LogP contribution in [0.25, 0.3) is 0 Å². The molecule has 2 N–H and O–H groups in total. The second kappa shape index (κ2) is 4.89. The summed E-state index contributed by atoms with van der Waals surface area (Å²) in [6, 6.07) is 3.57. The predicted octanol–water partition coefficient (Wildman–Crippen LogP) is 0.961. The number of hydrogen-bond acceptors (Lipinski definition) is 3. The first-order valence-electron chi connectivity index (χ1n) is 4.22. The van der Waals surface area contributed by atoms with Gasteiger partial charge < -0.3 is 5.73 Å². The number of para-hydroxylation sites is 1. The van der Waals surface area contributed by atoms with Gasteiger partial charge in [-0.25, -0.2) is 0 Å². The summed E-state index contributed by atoms with van der Waals surface area (Å²) in [5, 5.41) is 10.5. The molecule has 0 bridgehead atoms. The maximum absolute atomic E-state index is 13.1. The fourth-order valence-electron chi connectivity index (χ4n) is 1.03. The summed E-state index contributed by atoms with van der Waals surface area (Å²) in [6.07, 6.45) is -0.229. The van der Waals surface area contributed by atoms with Crippen molar-refractivity contribution in [1.29, 1.82) is 0 Å². The van der Waals surface area contributed by atoms with E-state index in [1.807, 2.05) is 0 Å². The van der Waals surface area contributed by atoms with Gasteiger partial charge in [0.05, 0.1) is 11.3 Å². The first-order chi connectivity index (χ1) is 7.52. The Hall–Kier alpha value is -2.42. The van der Waals surface area contributed by atoms with Crippen LogP contribution in [-0.2, 0) is 4.79 Å². The molecular formula is C10H7FN2O3. The molecule has 0 fully saturated rings. The number of nitro benzene ring substituents is 1. The molecule has 0 radical (unpaired) electrons. The Morgan fingerprint density at radius 2 is 2.25 bits per heavy atom. The monoisotopic (exact) mass is 222 g/mol. The number of carbonyl (C=O) groups excluding carboxylic acids is 1. The quantitative estimate of drug-likeness (QED) is 0.459. The van der Waals surface area contributed by atoms with Crippen molar-refractivity contribution in [3.8, 4) is 11.8 Å². The molecule has 0 saturated carbocycles. The van der Waals surface area contributed by atoms with Gasteiger partial charge >= 0.3 is 5.69 Å². The highest BCUT2D eigenvalue weighted by atomic mass is 19.1. The van der Waals surface area contributed by atoms with Crippen LogP contribution >= 0.6 is 0 Å². The van der Waals surface area contributed by atoms with Gasteiger partial charge in [-0.1, -0.05) is 17.9 Å². The minimum Gasteiger partial charge on any atom is -0.369 e. The number of carbonyl (C=O) groups is 1. The molecule has 0 unspecified atom stereocenters. The Kier molecular flexibility index (Phi) is 3.56. The van der Waals surface area contributed by atoms with Crippen LogP contribution in [0.15, 0.2) is 18.2 Å². The minimum atomic E-state index is -0.962. The average molecular weight is 222 g/mol. The van der Waals surface area contributed by atoms with Crippen molar-refractivity contribution in [2.75, 3.05) is 0 Å². The molecule has 0 spiro atoms. The van der Waals surface area contributed by atoms with Gasteiger partial charge in [-0.05, 0) is 12.1 Å². The smallest absolute Gasteiger partial charge is 0.320 e. The molecule has 0 atom stereocenters. The largest absolute Gasteiger partial charge is 0.369 e. The Balaban J connectivity index is 3.12. The van der Waals surface area contributed by atoms with Gasteiger partial charge in [0, 0.05) is 0 Å². The molecule has 82 valence electrons. The van der Waals surface area contributed by atoms with Crippen molar-refractivity contribution in [2.45, 2.75) is 6.42 Å². The molecule has 1 aromatic rings. The van der Waals surface area contributed by atoms with Gasteiger partial charge in [0.2, 0.25) is 11.7 Å². The third-order valence-corrected chi connectivity index (χ3v) is 1.66. The van der Waals surface area contributed by atoms with Crippen LogP contribution in [-0.4, -0.2) is 10.8 Å². The number of amides is 1. The number of nitro groups is 1. The third kappa shape index (κ3) is 2.78. The van der Waals surface area contributed by atoms with Crippen molar-refractivity contribution in [3.05, 3.63) is 39.7 Å². The zero-order chi connectivity index (χ0) is 12.1. The number of nitrogens with zero attached hydrogens (tertiary/aromatic N) is 1. The number of hydrogen-bond donors (Lipinski definition) is 1. The zero-order valence-electron chi connectivity index (χ0n) is 8.07. The Labute approximate surface area is 90.2 Å². The first kappa shape index (κ1) is 11.7. The molecule has 5 nitrogen and oxygen atoms in total. The second-order valence-electron chi connectivity index (χ2n) is 2.84. The summed E-state index contributed by atoms with van der Waals surface area (Å²) in [7, 11) is 0. The van der Waals surface area contributed by atoms with E-state index in [0.717, 1.165) is 6.07 Å². The fraction of sp³-hybridized carbons (Fsp3) is 0.100. The highest BCUT2D eigenvalue weighted by molar-refractivity contribution is 5.76. The average Bonchev–Trinajstić information content (AvgIpc) is 2.16. The van der Waals surface area contributed by atoms with E-state index in [1.165, 1.54) is 12.1 Å². The van der Waals surface area contributed by atoms with Crippen LogP contribution in [0.2, 0.25) is 0 Å². The molecule has 1 aromatic carbocycles. The van der Waals surface area contributed by atoms with E-state index in [4.69, 9.17) is 5.73 Å². The Bertz CT molecular complexity index is 503. The lowest BCUT2D eigenvalue weighted by molar-refractivity contribution is -0.387. The predicted molar refractivity (Wildman–Crippen MR) is 53.7 cm³/mol. The molecule has 16 heavy (non-hydrogen) atoms. The Morgan fingerprint density at radius 1 is 1.56 bits per heavy atom. The number of nitrogens with two attached hydrogens (primary N) is 1. The van der Waals surface area contributed by atoms with Gasteiger partial charge in [-0.15, -0.1) is 0 Å². The van der Waals surface area contributed by atoms with E-state index >= 15 is 0 Å². The maximum atomic E-state index is 13.1. The van der Waals surface area contributed by atoms with Crippen LogP contribution in [0, 0.1) is 27.8 Å². The van der Waals surface area contributed by atoms with E-state index in [0.29, 0.717) is 0 Å². The molecule has 6 heteroatoms. The highest BCUT2D eigenvalue weighted by Gasteiger charge is 2.17. The fourth-order valence-corrected chi connectivity index (χ4v) is 1.03. The minimum absolute atomic E-state index is 0.0775. The lowest BCUT2D eigenvalue weighted by Gasteiger charge is -1.95. The lowest BCUT2D eigenvalue weighted by Crippen LogP contribution is -2.08. The standard InChI is InChI=1S/C10H7FN2O3/c11-8-5-1-3-7(10(8)13(15)16)4-2-6-9(12)14/h1,3,5H,6H2,(H2,12,14). The molecule has 1 amide bonds. The van der Waals surface area contributed by atoms with Gasteiger partial charge in [-0.2, -0.15) is 4.39 Å². The molecule has 0 aromatic heterocycles. The SMILES string of the molecule is NC(=O)CC#Cc1cccc(F)c1[N+](=O)[O-]. The normalized spacial score (nSPS) is 9.06. The highest BCUT2D eigenvalue weighted by Crippen LogP contribution is 2.21. The maximum Gasteiger partial charge on any atom is 0.320 e. The van der Waals surface area contributed by atoms with Crippen molar-refractivity contribution < 1.29 is 14.1 Å². The lowest BCUT2D eigenvalue weighted by atomic mass is 10.1. The van der Waals surface area contributed by atoms with Crippen LogP contribution in [0.5, 0.6) is 0 Å². The van der Waals surface area contributed by atoms with E-state index in [2.05, 4.69) is 11.8 Å². The molecule has 0 aliphatic rings. The Morgan fingerprint density at radius 3 is 2.81 bits per heavy atom. The molecule has 1 rings (SSSR count). The molecule has 0 aliphatic carbocycles. The molecule has 0 aliphatic heterocycles. The third-order valence-electron chi connectivity index (χ3n) is 1.66. The summed E-state index contributed by atoms with van der Waals surface area (Å²) >= 11 is 0. The van der Waals surface area contributed by atoms with E-state index < -0.39 is 22.3 Å². The summed E-state index contributed by atoms with van der Waals surface area (Å²) in [5.41, 5.74) is 4.06. The molecule has 0 heterocycles. The van der Waals surface area contributed by atoms with Crippen molar-refractivity contribution in [3.63, 3.8) is 0 Å². The van der Waals surface area contributed by atoms with Gasteiger partial charge in [0.25, 0.3) is 0 Å². The summed E-state index contributed by atoms with van der Waals surface area (Å²) in [6.45, 7) is 0. The van der Waals surface area contributed by atoms with Crippen molar-refractivity contribution >= 4 is 11.6 Å². The van der Waals surface area contributed by atoms with Crippen molar-refractivity contribution in [1.82, 2.24) is 0 Å².